The monoisotopic (exact) mass is 1350 g/mol. The van der Waals surface area contributed by atoms with Gasteiger partial charge in [0.1, 0.15) is 53.2 Å². The Labute approximate surface area is 567 Å². The van der Waals surface area contributed by atoms with Crippen LogP contribution in [-0.4, -0.2) is 178 Å². The minimum Gasteiger partial charge on any atom is -0.508 e. The van der Waals surface area contributed by atoms with Crippen molar-refractivity contribution in [3.8, 4) is 28.6 Å². The van der Waals surface area contributed by atoms with E-state index < -0.39 is 130 Å². The summed E-state index contributed by atoms with van der Waals surface area (Å²) >= 11 is 0. The number of carbonyl (C=O) groups is 7. The number of likely N-dealkylation sites (tertiary alicyclic amines) is 2. The van der Waals surface area contributed by atoms with Crippen molar-refractivity contribution in [1.29, 1.82) is 0 Å². The first-order valence-electron chi connectivity index (χ1n) is 33.5. The topological polar surface area (TPSA) is 345 Å². The number of nitrogens with one attached hydrogen (secondary N) is 2. The van der Waals surface area contributed by atoms with Gasteiger partial charge in [-0.15, -0.1) is 0 Å². The van der Waals surface area contributed by atoms with Crippen LogP contribution < -0.4 is 11.0 Å². The SMILES string of the molecule is CC(=O)O[C@@]12CO[C@@H]1C[C@H](O)[C@@]1(C)C(=O)[C@H](O)C3=C(C)[C@@H](OC(=O)[C@H](OC(=O)C4CCN(C(=O)C5CCN(Cc6ccc(-n7c(-c8cc(C(C)C)c(O)cc8O)n[nH]c7=O)cc6)CC5)CC4)[C@@H](NC(=O)OC(C)(C)C)c4ccccc4)C[C@@](O)([C@@H](OC(=O)c4ccccc4)[C@H]21)C3(C)C. The third-order valence-corrected chi connectivity index (χ3v) is 21.1. The van der Waals surface area contributed by atoms with Crippen LogP contribution in [-0.2, 0) is 58.9 Å². The van der Waals surface area contributed by atoms with Gasteiger partial charge in [0, 0.05) is 56.8 Å². The summed E-state index contributed by atoms with van der Waals surface area (Å²) in [5.74, 6) is -7.81. The van der Waals surface area contributed by atoms with E-state index in [2.05, 4.69) is 20.4 Å². The van der Waals surface area contributed by atoms with Crippen molar-refractivity contribution >= 4 is 41.7 Å². The highest BCUT2D eigenvalue weighted by molar-refractivity contribution is 5.94. The summed E-state index contributed by atoms with van der Waals surface area (Å²) in [7, 11) is 0. The number of fused-ring (bicyclic) bond motifs is 5. The third-order valence-electron chi connectivity index (χ3n) is 21.1. The lowest BCUT2D eigenvalue weighted by molar-refractivity contribution is -0.346. The van der Waals surface area contributed by atoms with Gasteiger partial charge in [0.15, 0.2) is 17.2 Å². The number of phenols is 2. The number of ketones is 1. The number of hydrogen-bond donors (Lipinski definition) is 7. The summed E-state index contributed by atoms with van der Waals surface area (Å²) in [6, 6.07) is 24.7. The number of esters is 4. The molecule has 2 bridgehead atoms. The molecule has 7 N–H and O–H groups in total. The highest BCUT2D eigenvalue weighted by Gasteiger charge is 2.78. The van der Waals surface area contributed by atoms with E-state index in [9.17, 15) is 54.3 Å². The molecular weight excluding hydrogens is 1260 g/mol. The number of aliphatic hydroxyl groups is 3. The molecule has 1 aromatic heterocycles. The van der Waals surface area contributed by atoms with Crippen LogP contribution in [0.15, 0.2) is 113 Å². The molecule has 0 radical (unpaired) electrons. The number of Topliss-reactive ketones (excluding diaryl/α,β-unsaturated/α-hetero) is 1. The van der Waals surface area contributed by atoms with Gasteiger partial charge in [0.25, 0.3) is 0 Å². The van der Waals surface area contributed by atoms with Crippen LogP contribution in [0.5, 0.6) is 11.5 Å². The van der Waals surface area contributed by atoms with Crippen LogP contribution in [0.2, 0.25) is 0 Å². The Hall–Kier alpha value is -8.75. The minimum absolute atomic E-state index is 0.0380. The van der Waals surface area contributed by atoms with Crippen molar-refractivity contribution in [2.45, 2.75) is 180 Å². The molecule has 5 fully saturated rings. The van der Waals surface area contributed by atoms with Crippen molar-refractivity contribution in [2.24, 2.45) is 28.6 Å². The molecule has 98 heavy (non-hydrogen) atoms. The number of aromatic nitrogens is 3. The molecule has 3 saturated heterocycles. The predicted molar refractivity (Wildman–Crippen MR) is 352 cm³/mol. The van der Waals surface area contributed by atoms with Crippen LogP contribution in [0.3, 0.4) is 0 Å². The number of alkyl carbamates (subject to hydrolysis) is 1. The Morgan fingerprint density at radius 3 is 2.06 bits per heavy atom. The van der Waals surface area contributed by atoms with Gasteiger partial charge in [-0.25, -0.2) is 28.8 Å². The van der Waals surface area contributed by atoms with Crippen molar-refractivity contribution in [3.05, 3.63) is 141 Å². The number of aromatic hydroxyl groups is 2. The molecule has 0 spiro atoms. The standard InChI is InChI=1S/C73H88N6O19/c1-39(2)48-33-49(51(82)34-50(48)81)62-75-76-67(90)79(62)47-23-21-42(22-24-47)37-77-29-25-44(26-30-77)63(86)78-31-27-46(28-32-78)64(87)95-58(56(43-17-13-11-14-18-43)74-68(91)98-69(5,6)7)66(89)94-52-36-73(92)61(96-65(88)45-19-15-12-16-20-45)59-71(10,60(85)57(84)55(40(52)3)70(73,8)9)53(83)35-54-72(59,38-93-54)97-41(4)80/h11-24,33-34,39,44,46,52-54,56-59,61,81-84,92H,25-32,35-38H2,1-10H3,(H,74,91)(H,76,90)/t52-,53-,54+,56-,57+,58+,59-,61-,71+,72-,73+/m0/s1. The van der Waals surface area contributed by atoms with Gasteiger partial charge < -0.3 is 64.2 Å². The van der Waals surface area contributed by atoms with Gasteiger partial charge in [0.2, 0.25) is 12.0 Å². The van der Waals surface area contributed by atoms with Crippen LogP contribution in [0.25, 0.3) is 17.1 Å². The number of benzene rings is 4. The molecule has 11 rings (SSSR count). The maximum Gasteiger partial charge on any atom is 0.408 e. The molecular formula is C73H88N6O19. The number of hydrogen-bond acceptors (Lipinski definition) is 21. The van der Waals surface area contributed by atoms with E-state index >= 15 is 9.59 Å². The number of aromatic amines is 1. The summed E-state index contributed by atoms with van der Waals surface area (Å²) in [5, 5.41) is 69.5. The zero-order valence-electron chi connectivity index (χ0n) is 56.8. The summed E-state index contributed by atoms with van der Waals surface area (Å²) in [4.78, 5) is 119. The fourth-order valence-electron chi connectivity index (χ4n) is 15.8. The largest absolute Gasteiger partial charge is 0.508 e. The quantitative estimate of drug-likeness (QED) is 0.0296. The average Bonchev–Trinajstić information content (AvgIpc) is 0.681. The van der Waals surface area contributed by atoms with E-state index in [1.807, 2.05) is 26.0 Å². The molecule has 4 aromatic carbocycles. The molecule has 3 aliphatic heterocycles. The predicted octanol–water partition coefficient (Wildman–Crippen LogP) is 7.04. The Morgan fingerprint density at radius 1 is 0.827 bits per heavy atom. The molecule has 5 aromatic rings. The van der Waals surface area contributed by atoms with E-state index in [1.54, 1.807) is 92.4 Å². The van der Waals surface area contributed by atoms with Gasteiger partial charge >= 0.3 is 35.7 Å². The zero-order valence-corrected chi connectivity index (χ0v) is 56.8. The molecule has 4 heterocycles. The fourth-order valence-corrected chi connectivity index (χ4v) is 15.8. The van der Waals surface area contributed by atoms with E-state index in [-0.39, 0.29) is 102 Å². The summed E-state index contributed by atoms with van der Waals surface area (Å²) in [6.07, 6.45) is -10.7. The number of piperidine rings is 2. The van der Waals surface area contributed by atoms with E-state index in [0.29, 0.717) is 43.7 Å². The lowest BCUT2D eigenvalue weighted by atomic mass is 9.44. The highest BCUT2D eigenvalue weighted by atomic mass is 16.6. The van der Waals surface area contributed by atoms with Gasteiger partial charge in [-0.05, 0) is 137 Å². The van der Waals surface area contributed by atoms with E-state index in [4.69, 9.17) is 28.4 Å². The van der Waals surface area contributed by atoms with Crippen molar-refractivity contribution in [2.75, 3.05) is 32.8 Å². The van der Waals surface area contributed by atoms with Crippen molar-refractivity contribution < 1.29 is 87.5 Å². The van der Waals surface area contributed by atoms with Crippen LogP contribution >= 0.6 is 0 Å². The van der Waals surface area contributed by atoms with Crippen molar-refractivity contribution in [1.82, 2.24) is 29.9 Å². The second kappa shape index (κ2) is 27.2. The number of amides is 2. The lowest BCUT2D eigenvalue weighted by Gasteiger charge is -2.67. The normalized spacial score (nSPS) is 27.2. The number of aliphatic hydroxyl groups excluding tert-OH is 2. The molecule has 6 aliphatic rings. The van der Waals surface area contributed by atoms with Crippen LogP contribution in [0, 0.1) is 28.6 Å². The number of carbonyl (C=O) groups excluding carboxylic acids is 7. The minimum atomic E-state index is -2.48. The molecule has 25 heteroatoms. The van der Waals surface area contributed by atoms with Gasteiger partial charge in [0.05, 0.1) is 46.8 Å². The molecule has 3 aliphatic carbocycles. The Kier molecular flexibility index (Phi) is 19.6. The summed E-state index contributed by atoms with van der Waals surface area (Å²) in [6.45, 7) is 17.7. The van der Waals surface area contributed by atoms with E-state index in [0.717, 1.165) is 12.5 Å². The lowest BCUT2D eigenvalue weighted by Crippen LogP contribution is -2.81. The maximum absolute atomic E-state index is 15.6. The fraction of sp³-hybridized carbons (Fsp3) is 0.521. The summed E-state index contributed by atoms with van der Waals surface area (Å²) in [5.41, 5.74) is -7.06. The number of ether oxygens (including phenoxy) is 6. The van der Waals surface area contributed by atoms with E-state index in [1.165, 1.54) is 50.5 Å². The smallest absolute Gasteiger partial charge is 0.408 e. The second-order valence-electron chi connectivity index (χ2n) is 29.1. The van der Waals surface area contributed by atoms with Gasteiger partial charge in [-0.2, -0.15) is 5.10 Å². The maximum atomic E-state index is 15.6. The number of rotatable bonds is 16. The van der Waals surface area contributed by atoms with Gasteiger partial charge in [-0.3, -0.25) is 24.1 Å². The second-order valence-corrected chi connectivity index (χ2v) is 29.1. The van der Waals surface area contributed by atoms with Crippen molar-refractivity contribution in [3.63, 3.8) is 0 Å². The Morgan fingerprint density at radius 2 is 1.46 bits per heavy atom. The third kappa shape index (κ3) is 13.1. The molecule has 25 nitrogen and oxygen atoms in total. The highest BCUT2D eigenvalue weighted by Crippen LogP contribution is 2.64. The zero-order chi connectivity index (χ0) is 70.7. The molecule has 2 saturated carbocycles. The molecule has 11 atom stereocenters. The summed E-state index contributed by atoms with van der Waals surface area (Å²) < 4.78 is 38.4. The number of nitrogens with zero attached hydrogens (tertiary/aromatic N) is 4. The number of phenolic OH excluding ortho intramolecular Hbond substituents is 2. The van der Waals surface area contributed by atoms with Crippen LogP contribution in [0.4, 0.5) is 4.79 Å². The van der Waals surface area contributed by atoms with Crippen LogP contribution in [0.1, 0.15) is 147 Å². The average molecular weight is 1350 g/mol. The first-order valence-corrected chi connectivity index (χ1v) is 33.5. The molecule has 2 amide bonds. The first-order chi connectivity index (χ1) is 46.3. The number of H-pyrrole nitrogens is 1. The molecule has 524 valence electrons. The molecule has 0 unspecified atom stereocenters. The first kappa shape index (κ1) is 70.6. The Balaban J connectivity index is 0.819. The Bertz CT molecular complexity index is 3960. The van der Waals surface area contributed by atoms with Gasteiger partial charge in [-0.1, -0.05) is 88.4 Å².